The Morgan fingerprint density at radius 2 is 1.63 bits per heavy atom. The Labute approximate surface area is 178 Å². The summed E-state index contributed by atoms with van der Waals surface area (Å²) in [6.45, 7) is 9.08. The third-order valence-corrected chi connectivity index (χ3v) is 5.49. The summed E-state index contributed by atoms with van der Waals surface area (Å²) >= 11 is 0. The van der Waals surface area contributed by atoms with Crippen molar-refractivity contribution in [3.05, 3.63) is 101 Å². The molecule has 30 heavy (non-hydrogen) atoms. The Morgan fingerprint density at radius 1 is 0.933 bits per heavy atom. The molecule has 1 aliphatic rings. The van der Waals surface area contributed by atoms with Crippen molar-refractivity contribution in [1.82, 2.24) is 0 Å². The highest BCUT2D eigenvalue weighted by Crippen LogP contribution is 2.41. The predicted molar refractivity (Wildman–Crippen MR) is 121 cm³/mol. The van der Waals surface area contributed by atoms with Crippen LogP contribution in [-0.2, 0) is 12.0 Å². The van der Waals surface area contributed by atoms with Crippen LogP contribution in [0.2, 0.25) is 0 Å². The smallest absolute Gasteiger partial charge is 0.218 e. The Bertz CT molecular complexity index is 1060. The maximum Gasteiger partial charge on any atom is 0.218 e. The summed E-state index contributed by atoms with van der Waals surface area (Å²) in [4.78, 5) is 0. The number of rotatable bonds is 4. The molecule has 154 valence electrons. The lowest BCUT2D eigenvalue weighted by Crippen LogP contribution is -2.19. The Kier molecular flexibility index (Phi) is 5.40. The summed E-state index contributed by atoms with van der Waals surface area (Å²) in [7, 11) is 0. The molecule has 0 amide bonds. The minimum absolute atomic E-state index is 0.136. The molecule has 0 aromatic heterocycles. The van der Waals surface area contributed by atoms with E-state index in [-0.39, 0.29) is 5.41 Å². The SMILES string of the molecule is Cc1c(OCc2ccc(C(C)(C)C)cc2)ccc2c1OC(O)C=C2c1ccccc1. The summed E-state index contributed by atoms with van der Waals surface area (Å²) in [6.07, 6.45) is 0.764. The first-order valence-corrected chi connectivity index (χ1v) is 10.3. The van der Waals surface area contributed by atoms with E-state index < -0.39 is 6.29 Å². The van der Waals surface area contributed by atoms with E-state index in [1.165, 1.54) is 5.56 Å². The van der Waals surface area contributed by atoms with Gasteiger partial charge in [-0.2, -0.15) is 0 Å². The first-order chi connectivity index (χ1) is 14.3. The van der Waals surface area contributed by atoms with Crippen molar-refractivity contribution in [2.75, 3.05) is 0 Å². The van der Waals surface area contributed by atoms with Gasteiger partial charge in [-0.25, -0.2) is 0 Å². The predicted octanol–water partition coefficient (Wildman–Crippen LogP) is 6.01. The van der Waals surface area contributed by atoms with Crippen LogP contribution in [0.3, 0.4) is 0 Å². The quantitative estimate of drug-likeness (QED) is 0.582. The Hall–Kier alpha value is -3.04. The first kappa shape index (κ1) is 20.2. The zero-order valence-corrected chi connectivity index (χ0v) is 18.0. The van der Waals surface area contributed by atoms with Crippen LogP contribution in [0.4, 0.5) is 0 Å². The van der Waals surface area contributed by atoms with Gasteiger partial charge in [0.1, 0.15) is 18.1 Å². The van der Waals surface area contributed by atoms with Crippen LogP contribution < -0.4 is 9.47 Å². The highest BCUT2D eigenvalue weighted by Gasteiger charge is 2.24. The topological polar surface area (TPSA) is 38.7 Å². The molecule has 0 radical (unpaired) electrons. The van der Waals surface area contributed by atoms with Gasteiger partial charge in [0.05, 0.1) is 0 Å². The molecule has 3 nitrogen and oxygen atoms in total. The van der Waals surface area contributed by atoms with Crippen LogP contribution in [0, 0.1) is 6.92 Å². The number of aliphatic hydroxyl groups excluding tert-OH is 1. The van der Waals surface area contributed by atoms with E-state index in [1.807, 2.05) is 49.4 Å². The third-order valence-electron chi connectivity index (χ3n) is 5.49. The molecule has 0 fully saturated rings. The molecular formula is C27H28O3. The van der Waals surface area contributed by atoms with E-state index in [0.29, 0.717) is 12.4 Å². The summed E-state index contributed by atoms with van der Waals surface area (Å²) in [6, 6.07) is 22.6. The fourth-order valence-corrected chi connectivity index (χ4v) is 3.71. The van der Waals surface area contributed by atoms with E-state index >= 15 is 0 Å². The minimum Gasteiger partial charge on any atom is -0.488 e. The summed E-state index contributed by atoms with van der Waals surface area (Å²) in [5.41, 5.74) is 6.43. The summed E-state index contributed by atoms with van der Waals surface area (Å²) < 4.78 is 11.9. The second kappa shape index (κ2) is 8.00. The molecule has 1 aliphatic heterocycles. The number of hydrogen-bond acceptors (Lipinski definition) is 3. The van der Waals surface area contributed by atoms with Gasteiger partial charge in [-0.05, 0) is 52.8 Å². The van der Waals surface area contributed by atoms with Gasteiger partial charge >= 0.3 is 0 Å². The third kappa shape index (κ3) is 4.12. The molecule has 3 aromatic carbocycles. The van der Waals surface area contributed by atoms with E-state index in [9.17, 15) is 5.11 Å². The number of fused-ring (bicyclic) bond motifs is 1. The Balaban J connectivity index is 1.57. The maximum atomic E-state index is 10.3. The van der Waals surface area contributed by atoms with E-state index in [2.05, 4.69) is 45.0 Å². The van der Waals surface area contributed by atoms with Gasteiger partial charge in [-0.1, -0.05) is 75.4 Å². The van der Waals surface area contributed by atoms with Gasteiger partial charge in [-0.15, -0.1) is 0 Å². The van der Waals surface area contributed by atoms with Gasteiger partial charge in [0.2, 0.25) is 6.29 Å². The zero-order valence-electron chi connectivity index (χ0n) is 18.0. The molecule has 1 N–H and O–H groups in total. The molecule has 1 heterocycles. The van der Waals surface area contributed by atoms with Gasteiger partial charge in [0.15, 0.2) is 0 Å². The second-order valence-electron chi connectivity index (χ2n) is 8.76. The molecular weight excluding hydrogens is 372 g/mol. The van der Waals surface area contributed by atoms with Crippen LogP contribution in [-0.4, -0.2) is 11.4 Å². The second-order valence-corrected chi connectivity index (χ2v) is 8.76. The van der Waals surface area contributed by atoms with Gasteiger partial charge in [0.25, 0.3) is 0 Å². The highest BCUT2D eigenvalue weighted by atomic mass is 16.6. The van der Waals surface area contributed by atoms with E-state index in [4.69, 9.17) is 9.47 Å². The monoisotopic (exact) mass is 400 g/mol. The molecule has 0 bridgehead atoms. The molecule has 3 aromatic rings. The van der Waals surface area contributed by atoms with Crippen LogP contribution in [0.5, 0.6) is 11.5 Å². The number of aliphatic hydroxyl groups is 1. The van der Waals surface area contributed by atoms with E-state index in [0.717, 1.165) is 33.6 Å². The standard InChI is InChI=1S/C27H28O3/c1-18-24(29-17-19-10-12-21(13-11-19)27(2,3)4)15-14-22-23(16-25(28)30-26(18)22)20-8-6-5-7-9-20/h5-16,25,28H,17H2,1-4H3. The average molecular weight is 401 g/mol. The number of benzene rings is 3. The van der Waals surface area contributed by atoms with Crippen molar-refractivity contribution in [3.8, 4) is 11.5 Å². The molecule has 0 aliphatic carbocycles. The minimum atomic E-state index is -0.980. The maximum absolute atomic E-state index is 10.3. The van der Waals surface area contributed by atoms with Crippen molar-refractivity contribution in [2.24, 2.45) is 0 Å². The van der Waals surface area contributed by atoms with Gasteiger partial charge < -0.3 is 14.6 Å². The first-order valence-electron chi connectivity index (χ1n) is 10.3. The molecule has 1 unspecified atom stereocenters. The summed E-state index contributed by atoms with van der Waals surface area (Å²) in [5, 5.41) is 10.3. The largest absolute Gasteiger partial charge is 0.488 e. The average Bonchev–Trinajstić information content (AvgIpc) is 2.73. The number of hydrogen-bond donors (Lipinski definition) is 1. The van der Waals surface area contributed by atoms with Crippen LogP contribution in [0.15, 0.2) is 72.8 Å². The van der Waals surface area contributed by atoms with Gasteiger partial charge in [0, 0.05) is 11.1 Å². The molecule has 0 saturated carbocycles. The van der Waals surface area contributed by atoms with Crippen LogP contribution in [0.1, 0.15) is 48.6 Å². The van der Waals surface area contributed by atoms with Crippen LogP contribution >= 0.6 is 0 Å². The van der Waals surface area contributed by atoms with Crippen molar-refractivity contribution in [2.45, 2.75) is 46.0 Å². The normalized spacial score (nSPS) is 15.8. The van der Waals surface area contributed by atoms with Crippen LogP contribution in [0.25, 0.3) is 5.57 Å². The lowest BCUT2D eigenvalue weighted by molar-refractivity contribution is 0.0218. The van der Waals surface area contributed by atoms with E-state index in [1.54, 1.807) is 6.08 Å². The van der Waals surface area contributed by atoms with Crippen molar-refractivity contribution in [1.29, 1.82) is 0 Å². The van der Waals surface area contributed by atoms with Crippen molar-refractivity contribution in [3.63, 3.8) is 0 Å². The molecule has 3 heteroatoms. The fourth-order valence-electron chi connectivity index (χ4n) is 3.71. The molecule has 0 spiro atoms. The lowest BCUT2D eigenvalue weighted by Gasteiger charge is -2.25. The highest BCUT2D eigenvalue weighted by molar-refractivity contribution is 5.85. The van der Waals surface area contributed by atoms with Gasteiger partial charge in [-0.3, -0.25) is 0 Å². The molecule has 0 saturated heterocycles. The lowest BCUT2D eigenvalue weighted by atomic mass is 9.87. The Morgan fingerprint density at radius 3 is 2.30 bits per heavy atom. The van der Waals surface area contributed by atoms with Crippen molar-refractivity contribution < 1.29 is 14.6 Å². The summed E-state index contributed by atoms with van der Waals surface area (Å²) in [5.74, 6) is 1.43. The molecule has 4 rings (SSSR count). The zero-order chi connectivity index (χ0) is 21.3. The molecule has 1 atom stereocenters. The number of ether oxygens (including phenoxy) is 2. The fraction of sp³-hybridized carbons (Fsp3) is 0.259. The van der Waals surface area contributed by atoms with Crippen molar-refractivity contribution >= 4 is 5.57 Å².